The zero-order valence-electron chi connectivity index (χ0n) is 11.9. The third-order valence-electron chi connectivity index (χ3n) is 2.84. The van der Waals surface area contributed by atoms with Crippen molar-refractivity contribution in [3.8, 4) is 0 Å². The number of hydrogen-bond acceptors (Lipinski definition) is 5. The van der Waals surface area contributed by atoms with Crippen LogP contribution in [0.25, 0.3) is 0 Å². The zero-order chi connectivity index (χ0) is 14.5. The number of anilines is 1. The van der Waals surface area contributed by atoms with Gasteiger partial charge in [-0.1, -0.05) is 11.6 Å². The number of ether oxygens (including phenoxy) is 1. The summed E-state index contributed by atoms with van der Waals surface area (Å²) in [5, 5.41) is 3.71. The van der Waals surface area contributed by atoms with Crippen molar-refractivity contribution >= 4 is 28.8 Å². The minimum absolute atomic E-state index is 0.378. The molecule has 2 aromatic rings. The third kappa shape index (κ3) is 4.16. The summed E-state index contributed by atoms with van der Waals surface area (Å²) in [5.74, 6) is 1.32. The number of rotatable bonds is 6. The lowest BCUT2D eigenvalue weighted by Gasteiger charge is -2.07. The molecule has 0 bridgehead atoms. The van der Waals surface area contributed by atoms with Crippen LogP contribution >= 0.6 is 22.9 Å². The van der Waals surface area contributed by atoms with Gasteiger partial charge in [-0.05, 0) is 32.4 Å². The number of nitrogens with zero attached hydrogens (tertiary/aromatic N) is 2. The fourth-order valence-electron chi connectivity index (χ4n) is 1.73. The first kappa shape index (κ1) is 15.2. The Kier molecular flexibility index (Phi) is 5.34. The molecule has 2 aromatic heterocycles. The molecule has 0 amide bonds. The van der Waals surface area contributed by atoms with Gasteiger partial charge in [-0.25, -0.2) is 9.97 Å². The second-order valence-electron chi connectivity index (χ2n) is 4.43. The standard InChI is InChI=1S/C14H18ClN3OS/c1-4-19-8-14-17-12(15)6-13(18-14)16-7-11-5-9(2)10(3)20-11/h5-6H,4,7-8H2,1-3H3,(H,16,17,18). The minimum Gasteiger partial charge on any atom is -0.374 e. The van der Waals surface area contributed by atoms with E-state index < -0.39 is 0 Å². The molecule has 0 unspecified atom stereocenters. The van der Waals surface area contributed by atoms with Crippen LogP contribution in [0.2, 0.25) is 5.15 Å². The number of aryl methyl sites for hydroxylation is 2. The highest BCUT2D eigenvalue weighted by Crippen LogP contribution is 2.21. The summed E-state index contributed by atoms with van der Waals surface area (Å²) in [6.45, 7) is 7.93. The van der Waals surface area contributed by atoms with Crippen molar-refractivity contribution in [2.45, 2.75) is 33.9 Å². The molecular formula is C14H18ClN3OS. The predicted molar refractivity (Wildman–Crippen MR) is 83.5 cm³/mol. The normalized spacial score (nSPS) is 10.8. The second kappa shape index (κ2) is 7.02. The van der Waals surface area contributed by atoms with Gasteiger partial charge in [0, 0.05) is 22.4 Å². The topological polar surface area (TPSA) is 47.0 Å². The van der Waals surface area contributed by atoms with Gasteiger partial charge in [0.15, 0.2) is 5.82 Å². The molecule has 0 atom stereocenters. The summed E-state index contributed by atoms with van der Waals surface area (Å²) in [4.78, 5) is 11.2. The molecule has 1 N–H and O–H groups in total. The van der Waals surface area contributed by atoms with Crippen molar-refractivity contribution in [2.24, 2.45) is 0 Å². The van der Waals surface area contributed by atoms with Crippen LogP contribution in [-0.4, -0.2) is 16.6 Å². The van der Waals surface area contributed by atoms with Gasteiger partial charge >= 0.3 is 0 Å². The van der Waals surface area contributed by atoms with Crippen LogP contribution < -0.4 is 5.32 Å². The average Bonchev–Trinajstić information content (AvgIpc) is 2.73. The Morgan fingerprint density at radius 3 is 2.75 bits per heavy atom. The number of hydrogen-bond donors (Lipinski definition) is 1. The van der Waals surface area contributed by atoms with Crippen LogP contribution in [0.1, 0.15) is 28.1 Å². The predicted octanol–water partition coefficient (Wildman–Crippen LogP) is 3.96. The average molecular weight is 312 g/mol. The molecule has 0 aromatic carbocycles. The maximum Gasteiger partial charge on any atom is 0.158 e. The van der Waals surface area contributed by atoms with E-state index in [0.29, 0.717) is 24.2 Å². The second-order valence-corrected chi connectivity index (χ2v) is 6.16. The Bertz CT molecular complexity index is 566. The molecule has 0 aliphatic heterocycles. The van der Waals surface area contributed by atoms with E-state index in [4.69, 9.17) is 16.3 Å². The summed E-state index contributed by atoms with van der Waals surface area (Å²) in [5.41, 5.74) is 1.32. The fourth-order valence-corrected chi connectivity index (χ4v) is 2.92. The first-order valence-electron chi connectivity index (χ1n) is 6.49. The molecule has 0 fully saturated rings. The molecule has 4 nitrogen and oxygen atoms in total. The van der Waals surface area contributed by atoms with E-state index in [9.17, 15) is 0 Å². The Morgan fingerprint density at radius 1 is 1.30 bits per heavy atom. The van der Waals surface area contributed by atoms with Crippen molar-refractivity contribution in [3.63, 3.8) is 0 Å². The quantitative estimate of drug-likeness (QED) is 0.820. The lowest BCUT2D eigenvalue weighted by Crippen LogP contribution is -2.05. The van der Waals surface area contributed by atoms with Crippen LogP contribution in [0.4, 0.5) is 5.82 Å². The molecule has 2 heterocycles. The van der Waals surface area contributed by atoms with Gasteiger partial charge in [0.1, 0.15) is 17.6 Å². The van der Waals surface area contributed by atoms with E-state index in [1.165, 1.54) is 15.3 Å². The Labute approximate surface area is 128 Å². The summed E-state index contributed by atoms with van der Waals surface area (Å²) in [6.07, 6.45) is 0. The molecule has 0 aliphatic rings. The van der Waals surface area contributed by atoms with Crippen LogP contribution in [0.5, 0.6) is 0 Å². The van der Waals surface area contributed by atoms with E-state index in [1.54, 1.807) is 17.4 Å². The highest BCUT2D eigenvalue weighted by Gasteiger charge is 2.05. The van der Waals surface area contributed by atoms with Crippen molar-refractivity contribution in [3.05, 3.63) is 38.4 Å². The van der Waals surface area contributed by atoms with Crippen molar-refractivity contribution < 1.29 is 4.74 Å². The van der Waals surface area contributed by atoms with E-state index in [-0.39, 0.29) is 0 Å². The first-order valence-corrected chi connectivity index (χ1v) is 7.69. The van der Waals surface area contributed by atoms with E-state index in [0.717, 1.165) is 12.4 Å². The number of aromatic nitrogens is 2. The Morgan fingerprint density at radius 2 is 2.10 bits per heavy atom. The minimum atomic E-state index is 0.378. The van der Waals surface area contributed by atoms with Crippen molar-refractivity contribution in [1.82, 2.24) is 9.97 Å². The van der Waals surface area contributed by atoms with Crippen molar-refractivity contribution in [2.75, 3.05) is 11.9 Å². The summed E-state index contributed by atoms with van der Waals surface area (Å²) in [6, 6.07) is 3.92. The molecule has 6 heteroatoms. The van der Waals surface area contributed by atoms with Crippen LogP contribution in [0, 0.1) is 13.8 Å². The summed E-state index contributed by atoms with van der Waals surface area (Å²) in [7, 11) is 0. The summed E-state index contributed by atoms with van der Waals surface area (Å²) >= 11 is 7.79. The van der Waals surface area contributed by atoms with Crippen LogP contribution in [0.3, 0.4) is 0 Å². The highest BCUT2D eigenvalue weighted by molar-refractivity contribution is 7.12. The third-order valence-corrected chi connectivity index (χ3v) is 4.18. The molecule has 0 aliphatic carbocycles. The molecule has 20 heavy (non-hydrogen) atoms. The van der Waals surface area contributed by atoms with Crippen LogP contribution in [0.15, 0.2) is 12.1 Å². The maximum absolute atomic E-state index is 6.00. The Balaban J connectivity index is 2.03. The SMILES string of the molecule is CCOCc1nc(Cl)cc(NCc2cc(C)c(C)s2)n1. The van der Waals surface area contributed by atoms with Gasteiger partial charge in [-0.3, -0.25) is 0 Å². The van der Waals surface area contributed by atoms with Gasteiger partial charge in [0.2, 0.25) is 0 Å². The molecule has 2 rings (SSSR count). The highest BCUT2D eigenvalue weighted by atomic mass is 35.5. The van der Waals surface area contributed by atoms with Gasteiger partial charge in [0.05, 0.1) is 6.54 Å². The van der Waals surface area contributed by atoms with E-state index in [2.05, 4.69) is 35.2 Å². The molecule has 0 spiro atoms. The van der Waals surface area contributed by atoms with E-state index >= 15 is 0 Å². The summed E-state index contributed by atoms with van der Waals surface area (Å²) < 4.78 is 5.30. The largest absolute Gasteiger partial charge is 0.374 e. The zero-order valence-corrected chi connectivity index (χ0v) is 13.4. The molecule has 108 valence electrons. The van der Waals surface area contributed by atoms with Gasteiger partial charge in [-0.2, -0.15) is 0 Å². The van der Waals surface area contributed by atoms with Gasteiger partial charge in [-0.15, -0.1) is 11.3 Å². The van der Waals surface area contributed by atoms with Crippen LogP contribution in [-0.2, 0) is 17.9 Å². The lowest BCUT2D eigenvalue weighted by molar-refractivity contribution is 0.128. The fraction of sp³-hybridized carbons (Fsp3) is 0.429. The number of halogens is 1. The smallest absolute Gasteiger partial charge is 0.158 e. The lowest BCUT2D eigenvalue weighted by atomic mass is 10.3. The molecule has 0 radical (unpaired) electrons. The van der Waals surface area contributed by atoms with Crippen molar-refractivity contribution in [1.29, 1.82) is 0 Å². The Hall–Kier alpha value is -1.17. The number of nitrogens with one attached hydrogen (secondary N) is 1. The number of thiophene rings is 1. The molecule has 0 saturated heterocycles. The maximum atomic E-state index is 6.00. The molecular weight excluding hydrogens is 294 g/mol. The van der Waals surface area contributed by atoms with Gasteiger partial charge < -0.3 is 10.1 Å². The first-order chi connectivity index (χ1) is 9.58. The molecule has 0 saturated carbocycles. The monoisotopic (exact) mass is 311 g/mol. The van der Waals surface area contributed by atoms with E-state index in [1.807, 2.05) is 6.92 Å². The van der Waals surface area contributed by atoms with Gasteiger partial charge in [0.25, 0.3) is 0 Å².